The Balaban J connectivity index is 0.988. The summed E-state index contributed by atoms with van der Waals surface area (Å²) in [5.41, 5.74) is 3.12. The van der Waals surface area contributed by atoms with Gasteiger partial charge in [-0.25, -0.2) is 0 Å². The van der Waals surface area contributed by atoms with Gasteiger partial charge in [0.05, 0.1) is 44.1 Å². The van der Waals surface area contributed by atoms with Gasteiger partial charge in [0, 0.05) is 40.0 Å². The zero-order valence-electron chi connectivity index (χ0n) is 33.7. The highest BCUT2D eigenvalue weighted by Crippen LogP contribution is 2.60. The Kier molecular flexibility index (Phi) is 10.2. The van der Waals surface area contributed by atoms with Crippen molar-refractivity contribution < 1.29 is 28.3 Å². The van der Waals surface area contributed by atoms with Crippen LogP contribution in [0.15, 0.2) is 97.1 Å². The first-order valence-corrected chi connectivity index (χ1v) is 24.1. The molecule has 3 amide bonds. The van der Waals surface area contributed by atoms with Gasteiger partial charge < -0.3 is 34.0 Å². The summed E-state index contributed by atoms with van der Waals surface area (Å²) in [6.07, 6.45) is 0.969. The lowest BCUT2D eigenvalue weighted by molar-refractivity contribution is -0.151. The molecule has 59 heavy (non-hydrogen) atoms. The number of benzene rings is 4. The van der Waals surface area contributed by atoms with Crippen molar-refractivity contribution in [2.75, 3.05) is 41.1 Å². The van der Waals surface area contributed by atoms with E-state index in [0.717, 1.165) is 41.2 Å². The molecule has 5 atom stereocenters. The second-order valence-electron chi connectivity index (χ2n) is 17.4. The highest BCUT2D eigenvalue weighted by molar-refractivity contribution is 6.72. The van der Waals surface area contributed by atoms with Gasteiger partial charge in [-0.3, -0.25) is 19.3 Å². The second-order valence-corrected chi connectivity index (χ2v) is 21.7. The molecule has 0 saturated carbocycles. The number of piperidine rings is 1. The molecule has 9 rings (SSSR count). The minimum absolute atomic E-state index is 0.0874. The third kappa shape index (κ3) is 6.58. The van der Waals surface area contributed by atoms with E-state index in [1.165, 1.54) is 0 Å². The van der Waals surface area contributed by atoms with Crippen LogP contribution in [-0.2, 0) is 44.2 Å². The van der Waals surface area contributed by atoms with E-state index in [4.69, 9.17) is 16.3 Å². The van der Waals surface area contributed by atoms with Crippen LogP contribution in [0.4, 0.5) is 21.2 Å². The number of aliphatic hydroxyl groups excluding tert-OH is 1. The topological polar surface area (TPSA) is 106 Å². The van der Waals surface area contributed by atoms with E-state index in [-0.39, 0.29) is 37.3 Å². The maximum Gasteiger partial charge on any atom is 0.264 e. The Morgan fingerprint density at radius 2 is 1.63 bits per heavy atom. The SMILES string of the molecule is C[C@H]1[C@H]([Si](C)(C)F)[C@@H](CC(=O)N2Cc3ccccc3C[C@H]2CO)O[C@]12C(=O)N(Cc1ccc(N3CN(c4ccccc4)C4(CCNCC4)C3=O)cc1)c1ccc(Cl)cc12. The van der Waals surface area contributed by atoms with Gasteiger partial charge >= 0.3 is 0 Å². The standard InChI is InChI=1S/C46H51ClFN5O5Si/c1-30-42(59(2,3)48)40(25-41(55)50-27-33-10-8-7-9-32(33)23-37(50)28-54)58-46(30)38-24-34(47)15-18-39(38)51(44(46)57)26-31-13-16-35(17-14-31)52-29-53(36-11-5-4-6-12-36)45(43(52)56)19-21-49-22-20-45/h4-18,24,30,37,40,42,49,54H,19-23,25-29H2,1-3H3/t30-,37-,40+,42-,46+/m0/s1. The number of anilines is 3. The molecule has 0 radical (unpaired) electrons. The monoisotopic (exact) mass is 835 g/mol. The summed E-state index contributed by atoms with van der Waals surface area (Å²) in [7, 11) is -3.56. The van der Waals surface area contributed by atoms with Crippen molar-refractivity contribution >= 4 is 54.8 Å². The maximum absolute atomic E-state index is 16.6. The molecule has 4 aromatic rings. The first-order valence-electron chi connectivity index (χ1n) is 20.8. The van der Waals surface area contributed by atoms with Crippen molar-refractivity contribution in [1.29, 1.82) is 0 Å². The molecule has 308 valence electrons. The molecule has 0 unspecified atom stereocenters. The zero-order valence-corrected chi connectivity index (χ0v) is 35.5. The lowest BCUT2D eigenvalue weighted by Crippen LogP contribution is -2.55. The van der Waals surface area contributed by atoms with E-state index < -0.39 is 43.2 Å². The Labute approximate surface area is 351 Å². The number of rotatable bonds is 8. The van der Waals surface area contributed by atoms with E-state index in [0.29, 0.717) is 48.7 Å². The Morgan fingerprint density at radius 1 is 0.932 bits per heavy atom. The van der Waals surface area contributed by atoms with Crippen molar-refractivity contribution in [2.45, 2.75) is 87.6 Å². The summed E-state index contributed by atoms with van der Waals surface area (Å²) in [5.74, 6) is -1.06. The quantitative estimate of drug-likeness (QED) is 0.147. The molecule has 3 fully saturated rings. The normalized spacial score (nSPS) is 26.3. The van der Waals surface area contributed by atoms with Gasteiger partial charge in [0.25, 0.3) is 11.8 Å². The molecule has 5 aliphatic rings. The smallest absolute Gasteiger partial charge is 0.264 e. The van der Waals surface area contributed by atoms with Crippen LogP contribution in [0.2, 0.25) is 23.7 Å². The Bertz CT molecular complexity index is 2270. The molecule has 10 nitrogen and oxygen atoms in total. The summed E-state index contributed by atoms with van der Waals surface area (Å²) in [4.78, 5) is 51.0. The average Bonchev–Trinajstić information content (AvgIpc) is 3.78. The Hall–Kier alpha value is -4.59. The van der Waals surface area contributed by atoms with Gasteiger partial charge in [-0.2, -0.15) is 0 Å². The van der Waals surface area contributed by atoms with Crippen LogP contribution in [-0.4, -0.2) is 80.2 Å². The number of nitrogens with one attached hydrogen (secondary N) is 1. The molecule has 0 aromatic heterocycles. The van der Waals surface area contributed by atoms with Crippen LogP contribution in [0, 0.1) is 5.92 Å². The minimum Gasteiger partial charge on any atom is -0.394 e. The number of aliphatic hydroxyl groups is 1. The molecule has 13 heteroatoms. The molecular formula is C46H51ClFN5O5Si. The predicted octanol–water partition coefficient (Wildman–Crippen LogP) is 6.93. The van der Waals surface area contributed by atoms with E-state index in [2.05, 4.69) is 22.3 Å². The molecule has 0 bridgehead atoms. The summed E-state index contributed by atoms with van der Waals surface area (Å²) in [6, 6.07) is 30.7. The van der Waals surface area contributed by atoms with Crippen molar-refractivity contribution in [1.82, 2.24) is 10.2 Å². The number of para-hydroxylation sites is 1. The molecule has 5 aliphatic heterocycles. The number of fused-ring (bicyclic) bond motifs is 3. The average molecular weight is 836 g/mol. The number of amides is 3. The van der Waals surface area contributed by atoms with Gasteiger partial charge in [0.15, 0.2) is 5.60 Å². The summed E-state index contributed by atoms with van der Waals surface area (Å²) in [6.45, 7) is 7.44. The van der Waals surface area contributed by atoms with Gasteiger partial charge in [-0.1, -0.05) is 73.1 Å². The van der Waals surface area contributed by atoms with Gasteiger partial charge in [-0.15, -0.1) is 0 Å². The van der Waals surface area contributed by atoms with E-state index in [1.807, 2.05) is 84.6 Å². The fourth-order valence-corrected chi connectivity index (χ4v) is 13.5. The third-order valence-electron chi connectivity index (χ3n) is 13.7. The number of nitrogens with zero attached hydrogens (tertiary/aromatic N) is 4. The fraction of sp³-hybridized carbons (Fsp3) is 0.413. The van der Waals surface area contributed by atoms with Crippen LogP contribution >= 0.6 is 11.6 Å². The predicted molar refractivity (Wildman–Crippen MR) is 229 cm³/mol. The molecule has 3 saturated heterocycles. The number of carbonyl (C=O) groups is 3. The number of hydrogen-bond acceptors (Lipinski definition) is 7. The molecule has 0 aliphatic carbocycles. The number of halogens is 2. The van der Waals surface area contributed by atoms with Crippen LogP contribution in [0.25, 0.3) is 0 Å². The number of hydrogen-bond donors (Lipinski definition) is 2. The second kappa shape index (κ2) is 15.1. The van der Waals surface area contributed by atoms with E-state index >= 15 is 8.90 Å². The highest BCUT2D eigenvalue weighted by Gasteiger charge is 2.67. The van der Waals surface area contributed by atoms with Crippen molar-refractivity contribution in [3.8, 4) is 0 Å². The third-order valence-corrected chi connectivity index (χ3v) is 16.4. The van der Waals surface area contributed by atoms with Crippen molar-refractivity contribution in [2.24, 2.45) is 5.92 Å². The van der Waals surface area contributed by atoms with Crippen LogP contribution < -0.4 is 20.0 Å². The molecule has 5 heterocycles. The van der Waals surface area contributed by atoms with Crippen LogP contribution in [0.5, 0.6) is 0 Å². The fourth-order valence-electron chi connectivity index (χ4n) is 10.8. The summed E-state index contributed by atoms with van der Waals surface area (Å²) < 4.78 is 23.5. The first-order chi connectivity index (χ1) is 28.4. The highest BCUT2D eigenvalue weighted by atomic mass is 35.5. The zero-order chi connectivity index (χ0) is 41.3. The Morgan fingerprint density at radius 3 is 2.32 bits per heavy atom. The van der Waals surface area contributed by atoms with Crippen LogP contribution in [0.3, 0.4) is 0 Å². The minimum atomic E-state index is -3.56. The molecular weight excluding hydrogens is 785 g/mol. The largest absolute Gasteiger partial charge is 0.394 e. The van der Waals surface area contributed by atoms with E-state index in [9.17, 15) is 14.7 Å². The van der Waals surface area contributed by atoms with Crippen molar-refractivity contribution in [3.05, 3.63) is 124 Å². The van der Waals surface area contributed by atoms with Gasteiger partial charge in [0.1, 0.15) is 5.54 Å². The summed E-state index contributed by atoms with van der Waals surface area (Å²) in [5, 5.41) is 14.2. The van der Waals surface area contributed by atoms with Crippen molar-refractivity contribution in [3.63, 3.8) is 0 Å². The van der Waals surface area contributed by atoms with Crippen LogP contribution in [0.1, 0.15) is 48.4 Å². The molecule has 4 aromatic carbocycles. The lowest BCUT2D eigenvalue weighted by atomic mass is 9.82. The molecule has 2 spiro atoms. The van der Waals surface area contributed by atoms with Gasteiger partial charge in [0.2, 0.25) is 14.3 Å². The number of ether oxygens (including phenoxy) is 1. The lowest BCUT2D eigenvalue weighted by Gasteiger charge is -2.39. The van der Waals surface area contributed by atoms with Gasteiger partial charge in [-0.05, 0) is 105 Å². The first kappa shape index (κ1) is 39.8. The van der Waals surface area contributed by atoms with E-state index in [1.54, 1.807) is 35.0 Å². The maximum atomic E-state index is 16.6. The molecule has 2 N–H and O–H groups in total. The summed E-state index contributed by atoms with van der Waals surface area (Å²) >= 11 is 6.63. The number of carbonyl (C=O) groups excluding carboxylic acids is 3.